The highest BCUT2D eigenvalue weighted by Gasteiger charge is 2.15. The van der Waals surface area contributed by atoms with Gasteiger partial charge in [-0.15, -0.1) is 0 Å². The van der Waals surface area contributed by atoms with E-state index in [2.05, 4.69) is 30.0 Å². The Kier molecular flexibility index (Phi) is 4.00. The van der Waals surface area contributed by atoms with Crippen LogP contribution in [-0.2, 0) is 6.42 Å². The number of nitrogens with two attached hydrogens (primary N) is 1. The van der Waals surface area contributed by atoms with Gasteiger partial charge in [0.25, 0.3) is 0 Å². The fourth-order valence-corrected chi connectivity index (χ4v) is 2.62. The lowest BCUT2D eigenvalue weighted by atomic mass is 9.99. The van der Waals surface area contributed by atoms with Crippen LogP contribution in [0.1, 0.15) is 30.4 Å². The molecule has 0 bridgehead atoms. The fourth-order valence-electron chi connectivity index (χ4n) is 2.48. The van der Waals surface area contributed by atoms with Gasteiger partial charge in [-0.2, -0.15) is 0 Å². The largest absolute Gasteiger partial charge is 0.393 e. The molecule has 1 aliphatic rings. The number of benzene rings is 1. The predicted molar refractivity (Wildman–Crippen MR) is 77.7 cm³/mol. The zero-order valence-corrected chi connectivity index (χ0v) is 11.2. The van der Waals surface area contributed by atoms with Gasteiger partial charge in [-0.25, -0.2) is 0 Å². The van der Waals surface area contributed by atoms with Crippen LogP contribution in [0.5, 0.6) is 0 Å². The molecule has 2 rings (SSSR count). The first-order chi connectivity index (χ1) is 8.16. The van der Waals surface area contributed by atoms with Crippen LogP contribution < -0.4 is 10.6 Å². The highest BCUT2D eigenvalue weighted by atomic mass is 32.1. The van der Waals surface area contributed by atoms with E-state index in [0.29, 0.717) is 4.99 Å². The smallest absolute Gasteiger partial charge is 0.0728 e. The first kappa shape index (κ1) is 12.4. The van der Waals surface area contributed by atoms with Crippen molar-refractivity contribution < 1.29 is 0 Å². The maximum atomic E-state index is 5.54. The minimum atomic E-state index is 0.631. The van der Waals surface area contributed by atoms with Gasteiger partial charge in [-0.1, -0.05) is 29.9 Å². The zero-order valence-electron chi connectivity index (χ0n) is 10.4. The van der Waals surface area contributed by atoms with E-state index in [1.165, 1.54) is 29.7 Å². The van der Waals surface area contributed by atoms with E-state index in [1.807, 2.05) is 0 Å². The summed E-state index contributed by atoms with van der Waals surface area (Å²) in [4.78, 5) is 3.10. The van der Waals surface area contributed by atoms with Crippen LogP contribution in [0.15, 0.2) is 18.2 Å². The summed E-state index contributed by atoms with van der Waals surface area (Å²) >= 11 is 4.92. The normalized spacial score (nSPS) is 14.5. The van der Waals surface area contributed by atoms with E-state index >= 15 is 0 Å². The van der Waals surface area contributed by atoms with Gasteiger partial charge in [-0.3, -0.25) is 0 Å². The molecule has 1 heterocycles. The van der Waals surface area contributed by atoms with Crippen molar-refractivity contribution in [2.45, 2.75) is 32.6 Å². The molecule has 0 saturated heterocycles. The van der Waals surface area contributed by atoms with E-state index < -0.39 is 0 Å². The van der Waals surface area contributed by atoms with Gasteiger partial charge in [0.1, 0.15) is 0 Å². The van der Waals surface area contributed by atoms with Crippen LogP contribution in [0, 0.1) is 6.92 Å². The zero-order chi connectivity index (χ0) is 12.3. The van der Waals surface area contributed by atoms with E-state index in [-0.39, 0.29) is 0 Å². The number of thiocarbonyl (C=S) groups is 1. The number of nitrogens with zero attached hydrogens (tertiary/aromatic N) is 1. The molecule has 1 aliphatic heterocycles. The van der Waals surface area contributed by atoms with Crippen LogP contribution in [-0.4, -0.2) is 18.1 Å². The number of hydrogen-bond acceptors (Lipinski definition) is 2. The molecule has 0 spiro atoms. The molecule has 1 aromatic rings. The van der Waals surface area contributed by atoms with Crippen molar-refractivity contribution >= 4 is 22.9 Å². The quantitative estimate of drug-likeness (QED) is 0.831. The van der Waals surface area contributed by atoms with E-state index in [1.54, 1.807) is 0 Å². The molecule has 1 aromatic carbocycles. The van der Waals surface area contributed by atoms with Gasteiger partial charge in [0.05, 0.1) is 4.99 Å². The summed E-state index contributed by atoms with van der Waals surface area (Å²) in [5, 5.41) is 0. The topological polar surface area (TPSA) is 29.3 Å². The van der Waals surface area contributed by atoms with Crippen molar-refractivity contribution in [3.63, 3.8) is 0 Å². The number of fused-ring (bicyclic) bond motifs is 1. The van der Waals surface area contributed by atoms with Crippen molar-refractivity contribution in [1.29, 1.82) is 0 Å². The SMILES string of the molecule is Cc1ccc2c(c1)CCCN2CCCC(N)=S. The van der Waals surface area contributed by atoms with Crippen LogP contribution in [0.2, 0.25) is 0 Å². The van der Waals surface area contributed by atoms with Gasteiger partial charge in [0, 0.05) is 18.8 Å². The molecule has 17 heavy (non-hydrogen) atoms. The molecular formula is C14H20N2S. The molecule has 0 aliphatic carbocycles. The lowest BCUT2D eigenvalue weighted by Gasteiger charge is -2.31. The maximum Gasteiger partial charge on any atom is 0.0728 e. The van der Waals surface area contributed by atoms with Crippen LogP contribution >= 0.6 is 12.2 Å². The Hall–Kier alpha value is -1.09. The fraction of sp³-hybridized carbons (Fsp3) is 0.500. The summed E-state index contributed by atoms with van der Waals surface area (Å²) in [5.41, 5.74) is 9.79. The molecule has 2 nitrogen and oxygen atoms in total. The van der Waals surface area contributed by atoms with Crippen molar-refractivity contribution in [3.05, 3.63) is 29.3 Å². The monoisotopic (exact) mass is 248 g/mol. The van der Waals surface area contributed by atoms with E-state index in [4.69, 9.17) is 18.0 Å². The summed E-state index contributed by atoms with van der Waals surface area (Å²) in [5.74, 6) is 0. The third-order valence-corrected chi connectivity index (χ3v) is 3.51. The van der Waals surface area contributed by atoms with Crippen LogP contribution in [0.4, 0.5) is 5.69 Å². The molecule has 0 atom stereocenters. The van der Waals surface area contributed by atoms with Gasteiger partial charge in [0.15, 0.2) is 0 Å². The van der Waals surface area contributed by atoms with Crippen molar-refractivity contribution in [2.24, 2.45) is 5.73 Å². The summed E-state index contributed by atoms with van der Waals surface area (Å²) in [6, 6.07) is 6.77. The molecule has 0 fully saturated rings. The number of aryl methyl sites for hydroxylation is 2. The molecular weight excluding hydrogens is 228 g/mol. The summed E-state index contributed by atoms with van der Waals surface area (Å²) in [6.07, 6.45) is 4.38. The van der Waals surface area contributed by atoms with Crippen LogP contribution in [0.25, 0.3) is 0 Å². The molecule has 2 N–H and O–H groups in total. The number of hydrogen-bond donors (Lipinski definition) is 1. The van der Waals surface area contributed by atoms with Gasteiger partial charge >= 0.3 is 0 Å². The lowest BCUT2D eigenvalue weighted by Crippen LogP contribution is -2.30. The van der Waals surface area contributed by atoms with Crippen molar-refractivity contribution in [1.82, 2.24) is 0 Å². The van der Waals surface area contributed by atoms with E-state index in [9.17, 15) is 0 Å². The first-order valence-electron chi connectivity index (χ1n) is 6.29. The summed E-state index contributed by atoms with van der Waals surface area (Å²) in [7, 11) is 0. The molecule has 92 valence electrons. The minimum Gasteiger partial charge on any atom is -0.393 e. The second kappa shape index (κ2) is 5.50. The summed E-state index contributed by atoms with van der Waals surface area (Å²) in [6.45, 7) is 4.38. The molecule has 0 aromatic heterocycles. The Morgan fingerprint density at radius 3 is 3.06 bits per heavy atom. The highest BCUT2D eigenvalue weighted by Crippen LogP contribution is 2.28. The number of anilines is 1. The van der Waals surface area contributed by atoms with Crippen molar-refractivity contribution in [2.75, 3.05) is 18.0 Å². The predicted octanol–water partition coefficient (Wildman–Crippen LogP) is 2.81. The minimum absolute atomic E-state index is 0.631. The Balaban J connectivity index is 2.04. The third kappa shape index (κ3) is 3.19. The Labute approximate surface area is 109 Å². The second-order valence-corrected chi connectivity index (χ2v) is 5.32. The molecule has 3 heteroatoms. The Bertz CT molecular complexity index is 415. The van der Waals surface area contributed by atoms with Gasteiger partial charge in [0.2, 0.25) is 0 Å². The average Bonchev–Trinajstić information content (AvgIpc) is 2.28. The molecule has 0 unspecified atom stereocenters. The molecule has 0 radical (unpaired) electrons. The maximum absolute atomic E-state index is 5.54. The molecule has 0 saturated carbocycles. The van der Waals surface area contributed by atoms with Gasteiger partial charge in [-0.05, 0) is 44.2 Å². The van der Waals surface area contributed by atoms with Crippen LogP contribution in [0.3, 0.4) is 0 Å². The van der Waals surface area contributed by atoms with Gasteiger partial charge < -0.3 is 10.6 Å². The highest BCUT2D eigenvalue weighted by molar-refractivity contribution is 7.80. The standard InChI is InChI=1S/C14H20N2S/c1-11-6-7-13-12(10-11)4-2-8-16(13)9-3-5-14(15)17/h6-7,10H,2-5,8-9H2,1H3,(H2,15,17). The molecule has 0 amide bonds. The lowest BCUT2D eigenvalue weighted by molar-refractivity contribution is 0.672. The summed E-state index contributed by atoms with van der Waals surface area (Å²) < 4.78 is 0. The van der Waals surface area contributed by atoms with E-state index in [0.717, 1.165) is 25.9 Å². The Morgan fingerprint density at radius 2 is 2.29 bits per heavy atom. The third-order valence-electron chi connectivity index (χ3n) is 3.30. The second-order valence-electron chi connectivity index (χ2n) is 4.79. The first-order valence-corrected chi connectivity index (χ1v) is 6.70. The van der Waals surface area contributed by atoms with Crippen molar-refractivity contribution in [3.8, 4) is 0 Å². The average molecular weight is 248 g/mol. The Morgan fingerprint density at radius 1 is 1.47 bits per heavy atom. The number of rotatable bonds is 4.